The van der Waals surface area contributed by atoms with Gasteiger partial charge in [-0.3, -0.25) is 14.4 Å². The van der Waals surface area contributed by atoms with Gasteiger partial charge in [-0.05, 0) is 43.9 Å². The molecule has 26 heavy (non-hydrogen) atoms. The molecule has 134 valence electrons. The van der Waals surface area contributed by atoms with Crippen LogP contribution in [0.1, 0.15) is 56.6 Å². The molecule has 0 N–H and O–H groups in total. The van der Waals surface area contributed by atoms with Gasteiger partial charge in [0.05, 0.1) is 11.1 Å². The second-order valence-electron chi connectivity index (χ2n) is 7.00. The molecule has 1 aromatic carbocycles. The lowest BCUT2D eigenvalue weighted by Crippen LogP contribution is -2.39. The Morgan fingerprint density at radius 1 is 1.19 bits per heavy atom. The number of piperidine rings is 1. The van der Waals surface area contributed by atoms with Crippen LogP contribution in [-0.4, -0.2) is 40.9 Å². The van der Waals surface area contributed by atoms with Crippen molar-refractivity contribution in [3.63, 3.8) is 0 Å². The lowest BCUT2D eigenvalue weighted by Gasteiger charge is -2.31. The number of rotatable bonds is 2. The molecule has 2 aromatic rings. The summed E-state index contributed by atoms with van der Waals surface area (Å²) in [6, 6.07) is 6.21. The average Bonchev–Trinajstić information content (AvgIpc) is 3.15. The molecular weight excluding hydrogens is 334 g/mol. The fourth-order valence-corrected chi connectivity index (χ4v) is 3.60. The average molecular weight is 353 g/mol. The maximum Gasteiger partial charge on any atom is 0.267 e. The number of hydrogen-bond donors (Lipinski definition) is 0. The normalized spacial score (nSPS) is 19.8. The number of aryl methyl sites for hydroxylation is 1. The predicted octanol–water partition coefficient (Wildman–Crippen LogP) is 2.66. The van der Waals surface area contributed by atoms with Crippen LogP contribution in [0.25, 0.3) is 0 Å². The van der Waals surface area contributed by atoms with Gasteiger partial charge >= 0.3 is 0 Å². The maximum absolute atomic E-state index is 12.8. The van der Waals surface area contributed by atoms with E-state index in [1.807, 2.05) is 4.90 Å². The number of likely N-dealkylation sites (tertiary alicyclic amines) is 1. The molecule has 0 aliphatic carbocycles. The minimum atomic E-state index is -0.486. The summed E-state index contributed by atoms with van der Waals surface area (Å²) in [6.07, 6.45) is 2.10. The minimum Gasteiger partial charge on any atom is -0.360 e. The number of aromatic nitrogens is 1. The summed E-state index contributed by atoms with van der Waals surface area (Å²) in [5.41, 5.74) is 0.933. The van der Waals surface area contributed by atoms with Crippen molar-refractivity contribution in [1.82, 2.24) is 10.1 Å². The van der Waals surface area contributed by atoms with Crippen molar-refractivity contribution in [2.24, 2.45) is 5.92 Å². The van der Waals surface area contributed by atoms with E-state index in [0.29, 0.717) is 23.8 Å². The van der Waals surface area contributed by atoms with Crippen molar-refractivity contribution in [3.05, 3.63) is 46.7 Å². The Hall–Kier alpha value is -2.96. The third kappa shape index (κ3) is 2.60. The first-order valence-corrected chi connectivity index (χ1v) is 8.71. The van der Waals surface area contributed by atoms with E-state index in [1.165, 1.54) is 12.1 Å². The van der Waals surface area contributed by atoms with Crippen molar-refractivity contribution in [3.8, 4) is 0 Å². The van der Waals surface area contributed by atoms with Crippen molar-refractivity contribution in [1.29, 1.82) is 0 Å². The fraction of sp³-hybridized carbons (Fsp3) is 0.368. The van der Waals surface area contributed by atoms with Gasteiger partial charge in [0.25, 0.3) is 17.7 Å². The van der Waals surface area contributed by atoms with Gasteiger partial charge in [-0.2, -0.15) is 0 Å². The van der Waals surface area contributed by atoms with Gasteiger partial charge in [0.15, 0.2) is 5.82 Å². The van der Waals surface area contributed by atoms with E-state index in [2.05, 4.69) is 12.1 Å². The SMILES string of the molecule is Cc1cc(N2C(=O)c3ccc(C(=O)N4CCC[C@H](C)C4)cc3C2=O)no1. The molecule has 7 heteroatoms. The van der Waals surface area contributed by atoms with Crippen LogP contribution in [0.2, 0.25) is 0 Å². The Morgan fingerprint density at radius 2 is 1.96 bits per heavy atom. The Balaban J connectivity index is 1.64. The fourth-order valence-electron chi connectivity index (χ4n) is 3.60. The number of amides is 3. The molecule has 1 fully saturated rings. The van der Waals surface area contributed by atoms with Crippen molar-refractivity contribution in [2.45, 2.75) is 26.7 Å². The molecule has 0 saturated carbocycles. The lowest BCUT2D eigenvalue weighted by atomic mass is 9.98. The summed E-state index contributed by atoms with van der Waals surface area (Å²) in [6.45, 7) is 5.25. The molecule has 2 aliphatic rings. The number of benzene rings is 1. The smallest absolute Gasteiger partial charge is 0.267 e. The Kier molecular flexibility index (Phi) is 3.86. The number of carbonyl (C=O) groups excluding carboxylic acids is 3. The molecule has 0 radical (unpaired) electrons. The van der Waals surface area contributed by atoms with Crippen LogP contribution in [0, 0.1) is 12.8 Å². The molecule has 4 rings (SSSR count). The highest BCUT2D eigenvalue weighted by molar-refractivity contribution is 6.34. The van der Waals surface area contributed by atoms with E-state index in [-0.39, 0.29) is 22.9 Å². The number of fused-ring (bicyclic) bond motifs is 1. The third-order valence-corrected chi connectivity index (χ3v) is 4.92. The highest BCUT2D eigenvalue weighted by Crippen LogP contribution is 2.29. The summed E-state index contributed by atoms with van der Waals surface area (Å²) < 4.78 is 4.97. The number of imide groups is 1. The third-order valence-electron chi connectivity index (χ3n) is 4.92. The summed E-state index contributed by atoms with van der Waals surface area (Å²) in [5, 5.41) is 3.76. The predicted molar refractivity (Wildman–Crippen MR) is 93.1 cm³/mol. The van der Waals surface area contributed by atoms with E-state index >= 15 is 0 Å². The molecule has 3 heterocycles. The first-order chi connectivity index (χ1) is 12.5. The summed E-state index contributed by atoms with van der Waals surface area (Å²) in [4.78, 5) is 40.9. The van der Waals surface area contributed by atoms with E-state index in [0.717, 1.165) is 24.3 Å². The van der Waals surface area contributed by atoms with Crippen LogP contribution in [-0.2, 0) is 0 Å². The van der Waals surface area contributed by atoms with Crippen LogP contribution < -0.4 is 4.90 Å². The number of anilines is 1. The summed E-state index contributed by atoms with van der Waals surface area (Å²) in [5.74, 6) is 0.0912. The molecule has 2 aliphatic heterocycles. The van der Waals surface area contributed by atoms with Gasteiger partial charge < -0.3 is 9.42 Å². The van der Waals surface area contributed by atoms with Gasteiger partial charge in [0.2, 0.25) is 0 Å². The van der Waals surface area contributed by atoms with E-state index < -0.39 is 11.8 Å². The van der Waals surface area contributed by atoms with Crippen molar-refractivity contribution in [2.75, 3.05) is 18.0 Å². The van der Waals surface area contributed by atoms with Crippen molar-refractivity contribution < 1.29 is 18.9 Å². The van der Waals surface area contributed by atoms with E-state index in [1.54, 1.807) is 19.1 Å². The number of hydrogen-bond acceptors (Lipinski definition) is 5. The minimum absolute atomic E-state index is 0.102. The van der Waals surface area contributed by atoms with E-state index in [9.17, 15) is 14.4 Å². The van der Waals surface area contributed by atoms with Crippen molar-refractivity contribution >= 4 is 23.5 Å². The number of nitrogens with zero attached hydrogens (tertiary/aromatic N) is 3. The Labute approximate surface area is 150 Å². The van der Waals surface area contributed by atoms with Gasteiger partial charge in [-0.1, -0.05) is 12.1 Å². The maximum atomic E-state index is 12.8. The first-order valence-electron chi connectivity index (χ1n) is 8.71. The topological polar surface area (TPSA) is 83.7 Å². The van der Waals surface area contributed by atoms with E-state index in [4.69, 9.17) is 4.52 Å². The largest absolute Gasteiger partial charge is 0.360 e. The molecule has 3 amide bonds. The standard InChI is InChI=1S/C19H19N3O4/c1-11-4-3-7-21(10-11)17(23)13-5-6-14-15(9-13)19(25)22(18(14)24)16-8-12(2)26-20-16/h5-6,8-9,11H,3-4,7,10H2,1-2H3/t11-/m0/s1. The van der Waals surface area contributed by atoms with Crippen LogP contribution in [0.15, 0.2) is 28.8 Å². The zero-order chi connectivity index (χ0) is 18.4. The van der Waals surface area contributed by atoms with Gasteiger partial charge in [0, 0.05) is 24.7 Å². The molecule has 0 unspecified atom stereocenters. The Bertz CT molecular complexity index is 917. The van der Waals surface area contributed by atoms with Gasteiger partial charge in [-0.15, -0.1) is 0 Å². The molecular formula is C19H19N3O4. The quantitative estimate of drug-likeness (QED) is 0.775. The Morgan fingerprint density at radius 3 is 2.65 bits per heavy atom. The zero-order valence-electron chi connectivity index (χ0n) is 14.7. The van der Waals surface area contributed by atoms with Crippen LogP contribution in [0.3, 0.4) is 0 Å². The first kappa shape index (κ1) is 16.5. The second kappa shape index (κ2) is 6.09. The monoisotopic (exact) mass is 353 g/mol. The van der Waals surface area contributed by atoms with Crippen LogP contribution in [0.4, 0.5) is 5.82 Å². The zero-order valence-corrected chi connectivity index (χ0v) is 14.7. The number of carbonyl (C=O) groups is 3. The van der Waals surface area contributed by atoms with Crippen LogP contribution >= 0.6 is 0 Å². The molecule has 7 nitrogen and oxygen atoms in total. The van der Waals surface area contributed by atoms with Gasteiger partial charge in [0.1, 0.15) is 5.76 Å². The highest BCUT2D eigenvalue weighted by atomic mass is 16.5. The highest BCUT2D eigenvalue weighted by Gasteiger charge is 2.39. The molecule has 1 saturated heterocycles. The lowest BCUT2D eigenvalue weighted by molar-refractivity contribution is 0.0682. The molecule has 1 aromatic heterocycles. The molecule has 1 atom stereocenters. The molecule has 0 spiro atoms. The van der Waals surface area contributed by atoms with Crippen LogP contribution in [0.5, 0.6) is 0 Å². The summed E-state index contributed by atoms with van der Waals surface area (Å²) >= 11 is 0. The second-order valence-corrected chi connectivity index (χ2v) is 7.00. The summed E-state index contributed by atoms with van der Waals surface area (Å²) in [7, 11) is 0. The van der Waals surface area contributed by atoms with Gasteiger partial charge in [-0.25, -0.2) is 4.90 Å². The molecule has 0 bridgehead atoms.